The van der Waals surface area contributed by atoms with Crippen molar-refractivity contribution < 1.29 is 4.79 Å². The van der Waals surface area contributed by atoms with Crippen LogP contribution in [0.15, 0.2) is 24.3 Å². The lowest BCUT2D eigenvalue weighted by Crippen LogP contribution is -2.37. The Bertz CT molecular complexity index is 977. The van der Waals surface area contributed by atoms with E-state index in [9.17, 15) is 4.79 Å². The Morgan fingerprint density at radius 3 is 2.96 bits per heavy atom. The maximum Gasteiger partial charge on any atom is 0.252 e. The number of aromatic nitrogens is 4. The van der Waals surface area contributed by atoms with Gasteiger partial charge in [-0.2, -0.15) is 4.98 Å². The Kier molecular flexibility index (Phi) is 3.63. The largest absolute Gasteiger partial charge is 0.398 e. The van der Waals surface area contributed by atoms with Crippen LogP contribution in [-0.4, -0.2) is 32.0 Å². The molecule has 7 heteroatoms. The number of fused-ring (bicyclic) bond motifs is 2. The second-order valence-electron chi connectivity index (χ2n) is 6.45. The summed E-state index contributed by atoms with van der Waals surface area (Å²) in [5.41, 5.74) is 10.6. The van der Waals surface area contributed by atoms with Gasteiger partial charge in [-0.25, -0.2) is 9.50 Å². The molecule has 1 aliphatic heterocycles. The molecular formula is C18H20N6O. The van der Waals surface area contributed by atoms with E-state index >= 15 is 0 Å². The molecule has 1 amide bonds. The monoisotopic (exact) mass is 336 g/mol. The maximum atomic E-state index is 12.8. The van der Waals surface area contributed by atoms with Gasteiger partial charge in [-0.05, 0) is 50.5 Å². The molecule has 3 aromatic rings. The van der Waals surface area contributed by atoms with E-state index in [0.29, 0.717) is 18.1 Å². The van der Waals surface area contributed by atoms with Crippen molar-refractivity contribution in [1.29, 1.82) is 0 Å². The summed E-state index contributed by atoms with van der Waals surface area (Å²) in [4.78, 5) is 23.4. The first-order valence-electron chi connectivity index (χ1n) is 8.40. The minimum Gasteiger partial charge on any atom is -0.398 e. The van der Waals surface area contributed by atoms with Crippen LogP contribution in [-0.2, 0) is 17.6 Å². The van der Waals surface area contributed by atoms with E-state index in [1.807, 2.05) is 38.1 Å². The summed E-state index contributed by atoms with van der Waals surface area (Å²) in [5.74, 6) is 1.00. The molecule has 1 aliphatic rings. The molecule has 0 unspecified atom stereocenters. The summed E-state index contributed by atoms with van der Waals surface area (Å²) >= 11 is 0. The molecule has 4 rings (SSSR count). The van der Waals surface area contributed by atoms with Crippen LogP contribution < -0.4 is 10.6 Å². The standard InChI is InChI=1S/C18H20N6O/c1-11-9-12(2)24-18(20-11)21-16(22-24)10-17(25)23-8-4-5-13-14(19)6-3-7-15(13)23/h3,6-7,9H,4-5,8,10,19H2,1-2H3. The summed E-state index contributed by atoms with van der Waals surface area (Å²) in [7, 11) is 0. The maximum absolute atomic E-state index is 12.8. The molecule has 25 heavy (non-hydrogen) atoms. The highest BCUT2D eigenvalue weighted by atomic mass is 16.2. The van der Waals surface area contributed by atoms with Crippen LogP contribution in [0.2, 0.25) is 0 Å². The van der Waals surface area contributed by atoms with Crippen molar-refractivity contribution in [1.82, 2.24) is 19.6 Å². The number of carbonyl (C=O) groups is 1. The topological polar surface area (TPSA) is 89.4 Å². The van der Waals surface area contributed by atoms with Gasteiger partial charge in [0.25, 0.3) is 5.78 Å². The zero-order chi connectivity index (χ0) is 17.6. The Labute approximate surface area is 145 Å². The Morgan fingerprint density at radius 2 is 2.12 bits per heavy atom. The van der Waals surface area contributed by atoms with Gasteiger partial charge in [-0.15, -0.1) is 5.10 Å². The number of carbonyl (C=O) groups excluding carboxylic acids is 1. The lowest BCUT2D eigenvalue weighted by molar-refractivity contribution is -0.118. The molecule has 2 N–H and O–H groups in total. The van der Waals surface area contributed by atoms with Crippen LogP contribution in [0.5, 0.6) is 0 Å². The second-order valence-corrected chi connectivity index (χ2v) is 6.45. The third kappa shape index (κ3) is 2.71. The number of aryl methyl sites for hydroxylation is 2. The normalized spacial score (nSPS) is 13.9. The Morgan fingerprint density at radius 1 is 1.28 bits per heavy atom. The minimum absolute atomic E-state index is 0.0168. The lowest BCUT2D eigenvalue weighted by Gasteiger charge is -2.30. The van der Waals surface area contributed by atoms with Crippen LogP contribution in [0.1, 0.15) is 29.2 Å². The highest BCUT2D eigenvalue weighted by molar-refractivity contribution is 5.96. The van der Waals surface area contributed by atoms with Crippen molar-refractivity contribution >= 4 is 23.1 Å². The van der Waals surface area contributed by atoms with E-state index in [1.54, 1.807) is 9.42 Å². The van der Waals surface area contributed by atoms with E-state index < -0.39 is 0 Å². The summed E-state index contributed by atoms with van der Waals surface area (Å²) in [5, 5.41) is 4.43. The second kappa shape index (κ2) is 5.84. The fourth-order valence-corrected chi connectivity index (χ4v) is 3.42. The third-order valence-electron chi connectivity index (χ3n) is 4.56. The Balaban J connectivity index is 1.63. The number of hydrogen-bond acceptors (Lipinski definition) is 5. The van der Waals surface area contributed by atoms with E-state index in [-0.39, 0.29) is 12.3 Å². The van der Waals surface area contributed by atoms with Crippen molar-refractivity contribution in [2.45, 2.75) is 33.1 Å². The fraction of sp³-hybridized carbons (Fsp3) is 0.333. The molecule has 0 radical (unpaired) electrons. The first kappa shape index (κ1) is 15.6. The summed E-state index contributed by atoms with van der Waals surface area (Å²) in [6, 6.07) is 7.66. The summed E-state index contributed by atoms with van der Waals surface area (Å²) < 4.78 is 1.68. The summed E-state index contributed by atoms with van der Waals surface area (Å²) in [6.45, 7) is 4.56. The van der Waals surface area contributed by atoms with Crippen molar-refractivity contribution in [2.75, 3.05) is 17.2 Å². The van der Waals surface area contributed by atoms with Gasteiger partial charge >= 0.3 is 0 Å². The first-order chi connectivity index (χ1) is 12.0. The number of amides is 1. The van der Waals surface area contributed by atoms with Crippen LogP contribution in [0.4, 0.5) is 11.4 Å². The van der Waals surface area contributed by atoms with Gasteiger partial charge in [0.1, 0.15) is 0 Å². The molecule has 0 bridgehead atoms. The minimum atomic E-state index is -0.0168. The van der Waals surface area contributed by atoms with Crippen LogP contribution >= 0.6 is 0 Å². The van der Waals surface area contributed by atoms with Crippen molar-refractivity contribution in [3.63, 3.8) is 0 Å². The van der Waals surface area contributed by atoms with Gasteiger partial charge < -0.3 is 10.6 Å². The lowest BCUT2D eigenvalue weighted by atomic mass is 9.99. The average molecular weight is 336 g/mol. The molecule has 3 heterocycles. The zero-order valence-corrected chi connectivity index (χ0v) is 14.4. The van der Waals surface area contributed by atoms with Gasteiger partial charge in [0.2, 0.25) is 5.91 Å². The van der Waals surface area contributed by atoms with Gasteiger partial charge in [-0.1, -0.05) is 6.07 Å². The van der Waals surface area contributed by atoms with Gasteiger partial charge in [0.15, 0.2) is 5.82 Å². The molecule has 0 spiro atoms. The number of nitrogens with two attached hydrogens (primary N) is 1. The van der Waals surface area contributed by atoms with E-state index in [2.05, 4.69) is 15.1 Å². The molecule has 1 aromatic carbocycles. The molecule has 0 atom stereocenters. The molecule has 128 valence electrons. The van der Waals surface area contributed by atoms with E-state index in [0.717, 1.165) is 41.2 Å². The van der Waals surface area contributed by atoms with Crippen molar-refractivity contribution in [3.05, 3.63) is 47.0 Å². The van der Waals surface area contributed by atoms with E-state index in [4.69, 9.17) is 5.73 Å². The number of rotatable bonds is 2. The van der Waals surface area contributed by atoms with E-state index in [1.165, 1.54) is 0 Å². The zero-order valence-electron chi connectivity index (χ0n) is 14.4. The van der Waals surface area contributed by atoms with Crippen LogP contribution in [0.3, 0.4) is 0 Å². The van der Waals surface area contributed by atoms with Gasteiger partial charge in [0.05, 0.1) is 6.42 Å². The molecule has 0 aliphatic carbocycles. The smallest absolute Gasteiger partial charge is 0.252 e. The van der Waals surface area contributed by atoms with Crippen molar-refractivity contribution in [3.8, 4) is 0 Å². The molecular weight excluding hydrogens is 316 g/mol. The SMILES string of the molecule is Cc1cc(C)n2nc(CC(=O)N3CCCc4c(N)cccc43)nc2n1. The van der Waals surface area contributed by atoms with Crippen molar-refractivity contribution in [2.24, 2.45) is 0 Å². The van der Waals surface area contributed by atoms with Gasteiger partial charge in [0, 0.05) is 29.3 Å². The van der Waals surface area contributed by atoms with Gasteiger partial charge in [-0.3, -0.25) is 4.79 Å². The molecule has 2 aromatic heterocycles. The number of benzene rings is 1. The average Bonchev–Trinajstić information content (AvgIpc) is 2.97. The highest BCUT2D eigenvalue weighted by Crippen LogP contribution is 2.31. The summed E-state index contributed by atoms with van der Waals surface area (Å²) in [6.07, 6.45) is 1.96. The molecule has 0 fully saturated rings. The number of nitrogen functional groups attached to an aromatic ring is 1. The highest BCUT2D eigenvalue weighted by Gasteiger charge is 2.25. The fourth-order valence-electron chi connectivity index (χ4n) is 3.42. The third-order valence-corrected chi connectivity index (χ3v) is 4.56. The van der Waals surface area contributed by atoms with Crippen LogP contribution in [0, 0.1) is 13.8 Å². The molecule has 7 nitrogen and oxygen atoms in total. The number of anilines is 2. The quantitative estimate of drug-likeness (QED) is 0.721. The first-order valence-corrected chi connectivity index (χ1v) is 8.40. The predicted octanol–water partition coefficient (Wildman–Crippen LogP) is 1.85. The number of hydrogen-bond donors (Lipinski definition) is 1. The number of nitrogens with zero attached hydrogens (tertiary/aromatic N) is 5. The molecule has 0 saturated carbocycles. The van der Waals surface area contributed by atoms with Crippen LogP contribution in [0.25, 0.3) is 5.78 Å². The molecule has 0 saturated heterocycles. The Hall–Kier alpha value is -2.96. The predicted molar refractivity (Wildman–Crippen MR) is 95.5 cm³/mol.